The Bertz CT molecular complexity index is 403. The summed E-state index contributed by atoms with van der Waals surface area (Å²) in [5, 5.41) is 0. The average Bonchev–Trinajstić information content (AvgIpc) is 2.16. The third-order valence-electron chi connectivity index (χ3n) is 2.44. The van der Waals surface area contributed by atoms with Crippen molar-refractivity contribution in [1.82, 2.24) is 0 Å². The van der Waals surface area contributed by atoms with Crippen molar-refractivity contribution >= 4 is 7.60 Å². The first kappa shape index (κ1) is 10.9. The molecule has 2 rings (SSSR count). The highest BCUT2D eigenvalue weighted by Gasteiger charge is 2.29. The molecule has 0 N–H and O–H groups in total. The number of aryl methyl sites for hydroxylation is 1. The Balaban J connectivity index is 2.21. The lowest BCUT2D eigenvalue weighted by atomic mass is 10.0. The molecular formula is C11H15O3P. The van der Waals surface area contributed by atoms with E-state index in [1.165, 1.54) is 12.2 Å². The van der Waals surface area contributed by atoms with Crippen LogP contribution in [0.5, 0.6) is 0 Å². The molecule has 1 heterocycles. The summed E-state index contributed by atoms with van der Waals surface area (Å²) in [6, 6.07) is 8.09. The van der Waals surface area contributed by atoms with E-state index in [4.69, 9.17) is 9.05 Å². The molecule has 0 aromatic heterocycles. The maximum atomic E-state index is 11.7. The van der Waals surface area contributed by atoms with Gasteiger partial charge in [0.25, 0.3) is 0 Å². The normalized spacial score (nSPS) is 31.5. The number of benzene rings is 1. The second-order valence-electron chi connectivity index (χ2n) is 3.90. The predicted molar refractivity (Wildman–Crippen MR) is 59.1 cm³/mol. The standard InChI is InChI=1S/C11H15O3P/c1-9-4-3-5-10(8-9)11-6-7-13-15(2,12)14-11/h3-5,8,11H,6-7H2,1-2H3. The van der Waals surface area contributed by atoms with E-state index in [0.717, 1.165) is 12.0 Å². The van der Waals surface area contributed by atoms with E-state index in [2.05, 4.69) is 6.07 Å². The molecule has 0 radical (unpaired) electrons. The van der Waals surface area contributed by atoms with Crippen molar-refractivity contribution < 1.29 is 13.6 Å². The molecule has 1 fully saturated rings. The van der Waals surface area contributed by atoms with E-state index in [1.807, 2.05) is 25.1 Å². The Hall–Kier alpha value is -0.630. The minimum atomic E-state index is -2.82. The lowest BCUT2D eigenvalue weighted by Crippen LogP contribution is -2.13. The molecule has 2 unspecified atom stereocenters. The summed E-state index contributed by atoms with van der Waals surface area (Å²) in [5.41, 5.74) is 2.27. The summed E-state index contributed by atoms with van der Waals surface area (Å²) < 4.78 is 22.2. The van der Waals surface area contributed by atoms with Crippen LogP contribution in [0.2, 0.25) is 0 Å². The van der Waals surface area contributed by atoms with Gasteiger partial charge >= 0.3 is 7.60 Å². The van der Waals surface area contributed by atoms with Gasteiger partial charge in [-0.1, -0.05) is 29.8 Å². The zero-order valence-electron chi connectivity index (χ0n) is 8.97. The van der Waals surface area contributed by atoms with Gasteiger partial charge in [0.2, 0.25) is 0 Å². The van der Waals surface area contributed by atoms with Crippen LogP contribution in [0.3, 0.4) is 0 Å². The first-order chi connectivity index (χ1) is 7.07. The largest absolute Gasteiger partial charge is 0.328 e. The Morgan fingerprint density at radius 2 is 2.27 bits per heavy atom. The Kier molecular flexibility index (Phi) is 2.96. The summed E-state index contributed by atoms with van der Waals surface area (Å²) >= 11 is 0. The van der Waals surface area contributed by atoms with Gasteiger partial charge in [0.05, 0.1) is 12.7 Å². The molecule has 2 atom stereocenters. The van der Waals surface area contributed by atoms with Gasteiger partial charge in [-0.2, -0.15) is 0 Å². The zero-order valence-corrected chi connectivity index (χ0v) is 9.87. The molecule has 0 aliphatic carbocycles. The predicted octanol–water partition coefficient (Wildman–Crippen LogP) is 3.30. The molecule has 82 valence electrons. The van der Waals surface area contributed by atoms with Crippen molar-refractivity contribution in [3.05, 3.63) is 35.4 Å². The van der Waals surface area contributed by atoms with Crippen LogP contribution in [0.4, 0.5) is 0 Å². The van der Waals surface area contributed by atoms with Crippen LogP contribution in [0, 0.1) is 6.92 Å². The monoisotopic (exact) mass is 226 g/mol. The maximum Gasteiger partial charge on any atom is 0.328 e. The van der Waals surface area contributed by atoms with Crippen LogP contribution in [0.25, 0.3) is 0 Å². The second kappa shape index (κ2) is 4.09. The van der Waals surface area contributed by atoms with Crippen molar-refractivity contribution in [2.75, 3.05) is 13.3 Å². The SMILES string of the molecule is Cc1cccc(C2CCOP(C)(=O)O2)c1. The number of hydrogen-bond donors (Lipinski definition) is 0. The van der Waals surface area contributed by atoms with Crippen LogP contribution in [-0.2, 0) is 13.6 Å². The highest BCUT2D eigenvalue weighted by atomic mass is 31.2. The van der Waals surface area contributed by atoms with Gasteiger partial charge in [-0.25, -0.2) is 0 Å². The summed E-state index contributed by atoms with van der Waals surface area (Å²) in [5.74, 6) is 0. The Labute approximate surface area is 89.9 Å². The fourth-order valence-electron chi connectivity index (χ4n) is 1.74. The van der Waals surface area contributed by atoms with E-state index < -0.39 is 7.60 Å². The lowest BCUT2D eigenvalue weighted by Gasteiger charge is -2.27. The molecule has 4 heteroatoms. The van der Waals surface area contributed by atoms with Gasteiger partial charge in [0, 0.05) is 13.1 Å². The third kappa shape index (κ3) is 2.69. The van der Waals surface area contributed by atoms with Crippen LogP contribution >= 0.6 is 7.60 Å². The van der Waals surface area contributed by atoms with E-state index in [9.17, 15) is 4.57 Å². The first-order valence-corrected chi connectivity index (χ1v) is 7.03. The molecule has 15 heavy (non-hydrogen) atoms. The molecular weight excluding hydrogens is 211 g/mol. The highest BCUT2D eigenvalue weighted by Crippen LogP contribution is 2.52. The smallest absolute Gasteiger partial charge is 0.309 e. The zero-order chi connectivity index (χ0) is 10.9. The van der Waals surface area contributed by atoms with Crippen molar-refractivity contribution in [2.45, 2.75) is 19.4 Å². The van der Waals surface area contributed by atoms with Crippen molar-refractivity contribution in [3.63, 3.8) is 0 Å². The molecule has 0 saturated carbocycles. The van der Waals surface area contributed by atoms with Gasteiger partial charge in [-0.05, 0) is 12.5 Å². The van der Waals surface area contributed by atoms with Crippen molar-refractivity contribution in [1.29, 1.82) is 0 Å². The molecule has 1 aromatic rings. The summed E-state index contributed by atoms with van der Waals surface area (Å²) in [7, 11) is -2.82. The van der Waals surface area contributed by atoms with Crippen LogP contribution in [0.15, 0.2) is 24.3 Å². The van der Waals surface area contributed by atoms with E-state index in [0.29, 0.717) is 6.61 Å². The van der Waals surface area contributed by atoms with Crippen molar-refractivity contribution in [3.8, 4) is 0 Å². The molecule has 1 aliphatic heterocycles. The van der Waals surface area contributed by atoms with Gasteiger partial charge in [-0.15, -0.1) is 0 Å². The lowest BCUT2D eigenvalue weighted by molar-refractivity contribution is 0.0844. The highest BCUT2D eigenvalue weighted by molar-refractivity contribution is 7.53. The summed E-state index contributed by atoms with van der Waals surface area (Å²) in [6.45, 7) is 4.07. The van der Waals surface area contributed by atoms with Gasteiger partial charge in [-0.3, -0.25) is 4.57 Å². The quantitative estimate of drug-likeness (QED) is 0.689. The molecule has 1 aliphatic rings. The third-order valence-corrected chi connectivity index (χ3v) is 3.73. The van der Waals surface area contributed by atoms with E-state index >= 15 is 0 Å². The summed E-state index contributed by atoms with van der Waals surface area (Å²) in [6.07, 6.45) is 0.677. The molecule has 1 aromatic carbocycles. The number of hydrogen-bond acceptors (Lipinski definition) is 3. The van der Waals surface area contributed by atoms with Gasteiger partial charge < -0.3 is 9.05 Å². The molecule has 0 bridgehead atoms. The molecule has 0 amide bonds. The second-order valence-corrected chi connectivity index (χ2v) is 5.91. The number of rotatable bonds is 1. The Morgan fingerprint density at radius 1 is 1.47 bits per heavy atom. The average molecular weight is 226 g/mol. The molecule has 1 saturated heterocycles. The van der Waals surface area contributed by atoms with Gasteiger partial charge in [0.1, 0.15) is 0 Å². The van der Waals surface area contributed by atoms with E-state index in [-0.39, 0.29) is 6.10 Å². The van der Waals surface area contributed by atoms with Crippen LogP contribution in [-0.4, -0.2) is 13.3 Å². The van der Waals surface area contributed by atoms with E-state index in [1.54, 1.807) is 0 Å². The minimum Gasteiger partial charge on any atom is -0.309 e. The topological polar surface area (TPSA) is 35.5 Å². The fourth-order valence-corrected chi connectivity index (χ4v) is 2.93. The minimum absolute atomic E-state index is 0.0884. The van der Waals surface area contributed by atoms with Gasteiger partial charge in [0.15, 0.2) is 0 Å². The van der Waals surface area contributed by atoms with Crippen LogP contribution < -0.4 is 0 Å². The summed E-state index contributed by atoms with van der Waals surface area (Å²) in [4.78, 5) is 0. The first-order valence-electron chi connectivity index (χ1n) is 5.04. The Morgan fingerprint density at radius 3 is 2.93 bits per heavy atom. The molecule has 3 nitrogen and oxygen atoms in total. The molecule has 0 spiro atoms. The van der Waals surface area contributed by atoms with Crippen LogP contribution in [0.1, 0.15) is 23.7 Å². The maximum absolute atomic E-state index is 11.7. The fraction of sp³-hybridized carbons (Fsp3) is 0.455. The van der Waals surface area contributed by atoms with Crippen molar-refractivity contribution in [2.24, 2.45) is 0 Å².